The van der Waals surface area contributed by atoms with Crippen LogP contribution in [-0.4, -0.2) is 23.3 Å². The largest absolute Gasteiger partial charge is 0.497 e. The molecule has 136 valence electrons. The van der Waals surface area contributed by atoms with Crippen molar-refractivity contribution in [2.75, 3.05) is 17.7 Å². The third-order valence-electron chi connectivity index (χ3n) is 3.15. The van der Waals surface area contributed by atoms with E-state index < -0.39 is 17.2 Å². The highest BCUT2D eigenvalue weighted by molar-refractivity contribution is 7.15. The fourth-order valence-electron chi connectivity index (χ4n) is 2.03. The van der Waals surface area contributed by atoms with Gasteiger partial charge in [0.2, 0.25) is 10.1 Å². The zero-order valence-electron chi connectivity index (χ0n) is 13.1. The number of thiophene rings is 1. The number of anilines is 2. The first-order valence-corrected chi connectivity index (χ1v) is 8.77. The van der Waals surface area contributed by atoms with Crippen molar-refractivity contribution in [1.29, 1.82) is 0 Å². The van der Waals surface area contributed by atoms with Gasteiger partial charge in [0.25, 0.3) is 0 Å². The lowest BCUT2D eigenvalue weighted by molar-refractivity contribution is -0.138. The van der Waals surface area contributed by atoms with Gasteiger partial charge in [-0.1, -0.05) is 17.4 Å². The Balaban J connectivity index is 1.78. The molecule has 0 saturated heterocycles. The lowest BCUT2D eigenvalue weighted by atomic mass is 10.1. The molecule has 2 amide bonds. The molecule has 1 aromatic carbocycles. The second kappa shape index (κ2) is 7.30. The van der Waals surface area contributed by atoms with E-state index in [1.165, 1.54) is 18.4 Å². The average molecular weight is 400 g/mol. The van der Waals surface area contributed by atoms with Gasteiger partial charge in [-0.25, -0.2) is 4.79 Å². The number of hydrogen-bond acceptors (Lipinski definition) is 6. The van der Waals surface area contributed by atoms with E-state index in [-0.39, 0.29) is 16.5 Å². The summed E-state index contributed by atoms with van der Waals surface area (Å²) in [6.45, 7) is 0. The fraction of sp³-hybridized carbons (Fsp3) is 0.133. The van der Waals surface area contributed by atoms with E-state index >= 15 is 0 Å². The number of alkyl halides is 3. The van der Waals surface area contributed by atoms with E-state index in [0.717, 1.165) is 10.4 Å². The molecule has 0 saturated carbocycles. The molecule has 0 unspecified atom stereocenters. The molecular weight excluding hydrogens is 389 g/mol. The van der Waals surface area contributed by atoms with Gasteiger partial charge < -0.3 is 10.1 Å². The number of nitrogens with zero attached hydrogens (tertiary/aromatic N) is 2. The van der Waals surface area contributed by atoms with Crippen molar-refractivity contribution >= 4 is 39.5 Å². The Morgan fingerprint density at radius 2 is 2.00 bits per heavy atom. The highest BCUT2D eigenvalue weighted by Crippen LogP contribution is 2.35. The molecule has 0 spiro atoms. The fourth-order valence-corrected chi connectivity index (χ4v) is 3.40. The number of aromatic nitrogens is 2. The molecule has 6 nitrogen and oxygen atoms in total. The predicted octanol–water partition coefficient (Wildman–Crippen LogP) is 4.94. The number of carbonyl (C=O) groups excluding carboxylic acids is 1. The Kier molecular flexibility index (Phi) is 5.09. The quantitative estimate of drug-likeness (QED) is 0.651. The minimum Gasteiger partial charge on any atom is -0.497 e. The molecule has 0 aliphatic rings. The van der Waals surface area contributed by atoms with Gasteiger partial charge in [0, 0.05) is 10.4 Å². The zero-order valence-corrected chi connectivity index (χ0v) is 14.8. The van der Waals surface area contributed by atoms with Crippen LogP contribution >= 0.6 is 22.7 Å². The highest BCUT2D eigenvalue weighted by Gasteiger charge is 2.35. The van der Waals surface area contributed by atoms with Crippen LogP contribution in [0.25, 0.3) is 10.4 Å². The van der Waals surface area contributed by atoms with Gasteiger partial charge in [-0.15, -0.1) is 21.5 Å². The summed E-state index contributed by atoms with van der Waals surface area (Å²) in [4.78, 5) is 13.0. The molecule has 11 heteroatoms. The van der Waals surface area contributed by atoms with Gasteiger partial charge >= 0.3 is 12.2 Å². The highest BCUT2D eigenvalue weighted by atomic mass is 32.1. The number of hydrogen-bond donors (Lipinski definition) is 2. The first kappa shape index (κ1) is 18.1. The first-order valence-electron chi connectivity index (χ1n) is 7.07. The molecule has 0 bridgehead atoms. The Morgan fingerprint density at radius 3 is 2.62 bits per heavy atom. The third-order valence-corrected chi connectivity index (χ3v) is 4.94. The first-order chi connectivity index (χ1) is 12.4. The minimum atomic E-state index is -4.60. The van der Waals surface area contributed by atoms with Crippen molar-refractivity contribution in [2.45, 2.75) is 6.18 Å². The van der Waals surface area contributed by atoms with Crippen molar-refractivity contribution in [3.8, 4) is 16.2 Å². The van der Waals surface area contributed by atoms with Crippen LogP contribution in [0.5, 0.6) is 5.75 Å². The van der Waals surface area contributed by atoms with Crippen molar-refractivity contribution in [3.05, 3.63) is 40.7 Å². The van der Waals surface area contributed by atoms with Gasteiger partial charge in [0.1, 0.15) is 5.75 Å². The molecule has 0 radical (unpaired) electrons. The summed E-state index contributed by atoms with van der Waals surface area (Å²) in [6, 6.07) is 8.09. The topological polar surface area (TPSA) is 76.1 Å². The van der Waals surface area contributed by atoms with Crippen LogP contribution in [0, 0.1) is 0 Å². The Morgan fingerprint density at radius 1 is 1.19 bits per heavy atom. The molecule has 2 N–H and O–H groups in total. The Hall–Kier alpha value is -2.66. The SMILES string of the molecule is COc1ccc(NC(=O)Nc2nnc(C(F)(F)F)s2)c(-c2cccs2)c1. The molecule has 26 heavy (non-hydrogen) atoms. The van der Waals surface area contributed by atoms with Crippen LogP contribution in [0.2, 0.25) is 0 Å². The molecule has 0 aliphatic heterocycles. The Labute approximate surface area is 153 Å². The van der Waals surface area contributed by atoms with E-state index in [9.17, 15) is 18.0 Å². The van der Waals surface area contributed by atoms with Crippen LogP contribution in [-0.2, 0) is 6.18 Å². The number of rotatable bonds is 4. The molecule has 0 fully saturated rings. The average Bonchev–Trinajstić information content (AvgIpc) is 3.26. The lowest BCUT2D eigenvalue weighted by Crippen LogP contribution is -2.19. The molecule has 3 rings (SSSR count). The maximum atomic E-state index is 12.5. The van der Waals surface area contributed by atoms with E-state index in [1.807, 2.05) is 17.5 Å². The second-order valence-corrected chi connectivity index (χ2v) is 6.80. The van der Waals surface area contributed by atoms with Crippen LogP contribution in [0.15, 0.2) is 35.7 Å². The van der Waals surface area contributed by atoms with E-state index in [1.54, 1.807) is 18.2 Å². The summed E-state index contributed by atoms with van der Waals surface area (Å²) >= 11 is 1.72. The van der Waals surface area contributed by atoms with Crippen molar-refractivity contribution < 1.29 is 22.7 Å². The second-order valence-electron chi connectivity index (χ2n) is 4.88. The molecule has 2 heterocycles. The number of halogens is 3. The number of methoxy groups -OCH3 is 1. The van der Waals surface area contributed by atoms with Crippen LogP contribution in [0.4, 0.5) is 28.8 Å². The predicted molar refractivity (Wildman–Crippen MR) is 93.9 cm³/mol. The van der Waals surface area contributed by atoms with E-state index in [0.29, 0.717) is 11.4 Å². The van der Waals surface area contributed by atoms with Crippen LogP contribution in [0.1, 0.15) is 5.01 Å². The smallest absolute Gasteiger partial charge is 0.445 e. The van der Waals surface area contributed by atoms with Crippen molar-refractivity contribution in [2.24, 2.45) is 0 Å². The van der Waals surface area contributed by atoms with Gasteiger partial charge in [0.15, 0.2) is 0 Å². The number of nitrogens with one attached hydrogen (secondary N) is 2. The van der Waals surface area contributed by atoms with E-state index in [4.69, 9.17) is 4.74 Å². The Bertz CT molecular complexity index is 910. The summed E-state index contributed by atoms with van der Waals surface area (Å²) < 4.78 is 42.8. The molecule has 3 aromatic rings. The standard InChI is InChI=1S/C15H11F3N4O2S2/c1-24-8-4-5-10(9(7-8)11-3-2-6-25-11)19-13(23)20-14-22-21-12(26-14)15(16,17)18/h2-7H,1H3,(H2,19,20,22,23). The maximum absolute atomic E-state index is 12.5. The minimum absolute atomic E-state index is 0.249. The third kappa shape index (κ3) is 4.11. The zero-order chi connectivity index (χ0) is 18.7. The summed E-state index contributed by atoms with van der Waals surface area (Å²) in [5.41, 5.74) is 1.20. The normalized spacial score (nSPS) is 11.2. The number of ether oxygens (including phenoxy) is 1. The number of amides is 2. The summed E-state index contributed by atoms with van der Waals surface area (Å²) in [5.74, 6) is 0.610. The number of carbonyl (C=O) groups is 1. The monoisotopic (exact) mass is 400 g/mol. The maximum Gasteiger partial charge on any atom is 0.445 e. The van der Waals surface area contributed by atoms with Crippen LogP contribution < -0.4 is 15.4 Å². The molecular formula is C15H11F3N4O2S2. The van der Waals surface area contributed by atoms with Gasteiger partial charge in [-0.05, 0) is 29.6 Å². The van der Waals surface area contributed by atoms with Gasteiger partial charge in [-0.2, -0.15) is 13.2 Å². The summed E-state index contributed by atoms with van der Waals surface area (Å²) in [7, 11) is 1.53. The lowest BCUT2D eigenvalue weighted by Gasteiger charge is -2.11. The number of urea groups is 1. The summed E-state index contributed by atoms with van der Waals surface area (Å²) in [5, 5.41) is 11.7. The van der Waals surface area contributed by atoms with E-state index in [2.05, 4.69) is 20.8 Å². The van der Waals surface area contributed by atoms with Crippen molar-refractivity contribution in [1.82, 2.24) is 10.2 Å². The molecule has 2 aromatic heterocycles. The van der Waals surface area contributed by atoms with Crippen molar-refractivity contribution in [3.63, 3.8) is 0 Å². The number of benzene rings is 1. The van der Waals surface area contributed by atoms with Crippen LogP contribution in [0.3, 0.4) is 0 Å². The van der Waals surface area contributed by atoms with Gasteiger partial charge in [0.05, 0.1) is 12.8 Å². The van der Waals surface area contributed by atoms with Gasteiger partial charge in [-0.3, -0.25) is 5.32 Å². The summed E-state index contributed by atoms with van der Waals surface area (Å²) in [6.07, 6.45) is -4.60. The molecule has 0 atom stereocenters. The molecule has 0 aliphatic carbocycles.